The Bertz CT molecular complexity index is 683. The van der Waals surface area contributed by atoms with Gasteiger partial charge < -0.3 is 10.6 Å². The Morgan fingerprint density at radius 3 is 2.95 bits per heavy atom. The highest BCUT2D eigenvalue weighted by molar-refractivity contribution is 5.66. The molecule has 0 saturated heterocycles. The van der Waals surface area contributed by atoms with Gasteiger partial charge in [0.2, 0.25) is 0 Å². The first-order valence-corrected chi connectivity index (χ1v) is 6.87. The van der Waals surface area contributed by atoms with Gasteiger partial charge in [0, 0.05) is 17.9 Å². The molecule has 0 spiro atoms. The van der Waals surface area contributed by atoms with Crippen LogP contribution in [0.3, 0.4) is 0 Å². The first-order valence-electron chi connectivity index (χ1n) is 6.87. The molecule has 0 bridgehead atoms. The minimum Gasteiger partial charge on any atom is -0.355 e. The number of hydrogen-bond donors (Lipinski definition) is 2. The molecule has 0 radical (unpaired) electrons. The van der Waals surface area contributed by atoms with Crippen LogP contribution < -0.4 is 10.6 Å². The molecule has 3 heteroatoms. The fraction of sp³-hybridized carbons (Fsp3) is 0.235. The van der Waals surface area contributed by atoms with Crippen molar-refractivity contribution in [3.8, 4) is 6.07 Å². The summed E-state index contributed by atoms with van der Waals surface area (Å²) in [6.45, 7) is 3.93. The number of fused-ring (bicyclic) bond motifs is 1. The average molecular weight is 263 g/mol. The van der Waals surface area contributed by atoms with Crippen molar-refractivity contribution in [3.63, 3.8) is 0 Å². The SMILES string of the molecule is Cc1cc(Nc2cccc3c2CCNC3)ccc1C#N. The van der Waals surface area contributed by atoms with Crippen molar-refractivity contribution < 1.29 is 0 Å². The van der Waals surface area contributed by atoms with Crippen molar-refractivity contribution in [1.29, 1.82) is 5.26 Å². The van der Waals surface area contributed by atoms with Gasteiger partial charge in [-0.05, 0) is 60.8 Å². The minimum atomic E-state index is 0.731. The highest BCUT2D eigenvalue weighted by Gasteiger charge is 2.12. The van der Waals surface area contributed by atoms with Crippen molar-refractivity contribution in [3.05, 3.63) is 58.7 Å². The van der Waals surface area contributed by atoms with Gasteiger partial charge in [0.15, 0.2) is 0 Å². The number of anilines is 2. The third-order valence-corrected chi connectivity index (χ3v) is 3.77. The molecule has 3 nitrogen and oxygen atoms in total. The molecule has 2 aromatic carbocycles. The van der Waals surface area contributed by atoms with E-state index in [1.165, 1.54) is 16.8 Å². The van der Waals surface area contributed by atoms with E-state index in [1.54, 1.807) is 0 Å². The van der Waals surface area contributed by atoms with Crippen molar-refractivity contribution in [2.45, 2.75) is 19.9 Å². The molecule has 0 atom stereocenters. The summed E-state index contributed by atoms with van der Waals surface area (Å²) in [5.41, 5.74) is 6.71. The molecule has 0 aromatic heterocycles. The van der Waals surface area contributed by atoms with E-state index in [0.29, 0.717) is 0 Å². The third kappa shape index (κ3) is 2.38. The van der Waals surface area contributed by atoms with E-state index in [2.05, 4.69) is 34.9 Å². The maximum Gasteiger partial charge on any atom is 0.0994 e. The summed E-state index contributed by atoms with van der Waals surface area (Å²) in [6, 6.07) is 14.4. The standard InChI is InChI=1S/C17H17N3/c1-12-9-15(6-5-13(12)10-18)20-17-4-2-3-14-11-19-8-7-16(14)17/h2-6,9,19-20H,7-8,11H2,1H3. The largest absolute Gasteiger partial charge is 0.355 e. The maximum atomic E-state index is 8.98. The summed E-state index contributed by atoms with van der Waals surface area (Å²) in [6.07, 6.45) is 1.05. The second-order valence-electron chi connectivity index (χ2n) is 5.14. The van der Waals surface area contributed by atoms with Crippen LogP contribution in [0, 0.1) is 18.3 Å². The molecule has 1 aliphatic rings. The molecule has 0 saturated carbocycles. The first-order chi connectivity index (χ1) is 9.78. The van der Waals surface area contributed by atoms with E-state index in [1.807, 2.05) is 25.1 Å². The molecular weight excluding hydrogens is 246 g/mol. The van der Waals surface area contributed by atoms with Gasteiger partial charge >= 0.3 is 0 Å². The molecule has 1 heterocycles. The zero-order valence-corrected chi connectivity index (χ0v) is 11.5. The van der Waals surface area contributed by atoms with Gasteiger partial charge in [-0.3, -0.25) is 0 Å². The van der Waals surface area contributed by atoms with Gasteiger partial charge in [-0.1, -0.05) is 12.1 Å². The molecule has 0 fully saturated rings. The lowest BCUT2D eigenvalue weighted by Crippen LogP contribution is -2.24. The summed E-state index contributed by atoms with van der Waals surface area (Å²) in [4.78, 5) is 0. The van der Waals surface area contributed by atoms with Crippen LogP contribution in [-0.2, 0) is 13.0 Å². The number of nitriles is 1. The predicted molar refractivity (Wildman–Crippen MR) is 81.0 cm³/mol. The van der Waals surface area contributed by atoms with Crippen molar-refractivity contribution in [2.24, 2.45) is 0 Å². The molecule has 20 heavy (non-hydrogen) atoms. The summed E-state index contributed by atoms with van der Waals surface area (Å²) < 4.78 is 0. The van der Waals surface area contributed by atoms with Gasteiger partial charge in [0.05, 0.1) is 11.6 Å². The lowest BCUT2D eigenvalue weighted by Gasteiger charge is -2.21. The van der Waals surface area contributed by atoms with Gasteiger partial charge in [-0.2, -0.15) is 5.26 Å². The van der Waals surface area contributed by atoms with Gasteiger partial charge in [0.1, 0.15) is 0 Å². The highest BCUT2D eigenvalue weighted by atomic mass is 14.9. The zero-order valence-electron chi connectivity index (χ0n) is 11.5. The summed E-state index contributed by atoms with van der Waals surface area (Å²) in [5.74, 6) is 0. The number of hydrogen-bond acceptors (Lipinski definition) is 3. The normalized spacial score (nSPS) is 13.4. The number of rotatable bonds is 2. The van der Waals surface area contributed by atoms with Crippen molar-refractivity contribution >= 4 is 11.4 Å². The summed E-state index contributed by atoms with van der Waals surface area (Å²) in [7, 11) is 0. The third-order valence-electron chi connectivity index (χ3n) is 3.77. The molecule has 0 unspecified atom stereocenters. The second kappa shape index (κ2) is 5.36. The van der Waals surface area contributed by atoms with Crippen molar-refractivity contribution in [2.75, 3.05) is 11.9 Å². The van der Waals surface area contributed by atoms with Crippen LogP contribution in [0.15, 0.2) is 36.4 Å². The van der Waals surface area contributed by atoms with Gasteiger partial charge in [0.25, 0.3) is 0 Å². The van der Waals surface area contributed by atoms with Crippen LogP contribution in [0.2, 0.25) is 0 Å². The molecule has 2 N–H and O–H groups in total. The van der Waals surface area contributed by atoms with E-state index in [4.69, 9.17) is 5.26 Å². The molecular formula is C17H17N3. The maximum absolute atomic E-state index is 8.98. The summed E-state index contributed by atoms with van der Waals surface area (Å²) >= 11 is 0. The number of aryl methyl sites for hydroxylation is 1. The van der Waals surface area contributed by atoms with E-state index in [9.17, 15) is 0 Å². The topological polar surface area (TPSA) is 47.8 Å². The number of nitrogens with zero attached hydrogens (tertiary/aromatic N) is 1. The number of nitrogens with one attached hydrogen (secondary N) is 2. The zero-order chi connectivity index (χ0) is 13.9. The molecule has 2 aromatic rings. The quantitative estimate of drug-likeness (QED) is 0.874. The monoisotopic (exact) mass is 263 g/mol. The molecule has 100 valence electrons. The Kier molecular flexibility index (Phi) is 3.41. The Balaban J connectivity index is 1.92. The molecule has 3 rings (SSSR count). The van der Waals surface area contributed by atoms with Gasteiger partial charge in [-0.15, -0.1) is 0 Å². The predicted octanol–water partition coefficient (Wildman–Crippen LogP) is 3.26. The van der Waals surface area contributed by atoms with Crippen LogP contribution in [0.1, 0.15) is 22.3 Å². The van der Waals surface area contributed by atoms with E-state index >= 15 is 0 Å². The fourth-order valence-electron chi connectivity index (χ4n) is 2.67. The molecule has 0 aliphatic carbocycles. The van der Waals surface area contributed by atoms with Crippen LogP contribution in [0.25, 0.3) is 0 Å². The van der Waals surface area contributed by atoms with Crippen LogP contribution >= 0.6 is 0 Å². The van der Waals surface area contributed by atoms with Crippen molar-refractivity contribution in [1.82, 2.24) is 5.32 Å². The Morgan fingerprint density at radius 1 is 1.25 bits per heavy atom. The Hall–Kier alpha value is -2.31. The lowest BCUT2D eigenvalue weighted by molar-refractivity contribution is 0.645. The van der Waals surface area contributed by atoms with Gasteiger partial charge in [-0.25, -0.2) is 0 Å². The molecule has 0 amide bonds. The Morgan fingerprint density at radius 2 is 2.15 bits per heavy atom. The first kappa shape index (κ1) is 12.7. The highest BCUT2D eigenvalue weighted by Crippen LogP contribution is 2.27. The lowest BCUT2D eigenvalue weighted by atomic mass is 9.99. The van der Waals surface area contributed by atoms with Crippen LogP contribution in [0.5, 0.6) is 0 Å². The van der Waals surface area contributed by atoms with E-state index < -0.39 is 0 Å². The fourth-order valence-corrected chi connectivity index (χ4v) is 2.67. The smallest absolute Gasteiger partial charge is 0.0994 e. The summed E-state index contributed by atoms with van der Waals surface area (Å²) in [5, 5.41) is 15.9. The Labute approximate surface area is 119 Å². The van der Waals surface area contributed by atoms with Crippen LogP contribution in [0.4, 0.5) is 11.4 Å². The van der Waals surface area contributed by atoms with E-state index in [-0.39, 0.29) is 0 Å². The van der Waals surface area contributed by atoms with Crippen LogP contribution in [-0.4, -0.2) is 6.54 Å². The minimum absolute atomic E-state index is 0.731. The molecule has 1 aliphatic heterocycles. The second-order valence-corrected chi connectivity index (χ2v) is 5.14. The average Bonchev–Trinajstić information content (AvgIpc) is 2.48. The number of benzene rings is 2. The van der Waals surface area contributed by atoms with E-state index in [0.717, 1.165) is 36.3 Å².